The monoisotopic (exact) mass is 233 g/mol. The second kappa shape index (κ2) is 5.91. The summed E-state index contributed by atoms with van der Waals surface area (Å²) in [6.45, 7) is 3.09. The lowest BCUT2D eigenvalue weighted by Crippen LogP contribution is -2.07. The number of hydrogen-bond donors (Lipinski definition) is 0. The first kappa shape index (κ1) is 12.2. The molecule has 83 valence electrons. The zero-order valence-corrected chi connectivity index (χ0v) is 8.94. The standard InChI is InChI=1S/C11H12ClF2O/c1-2-3-8-4-5-10(9(12)6-8)15-7-11(13)14/h4-6,11H,1-3,7H2. The summed E-state index contributed by atoms with van der Waals surface area (Å²) in [6, 6.07) is 5.13. The molecular formula is C11H12ClF2O. The fraction of sp³-hybridized carbons (Fsp3) is 0.364. The molecule has 0 saturated carbocycles. The number of rotatable bonds is 5. The molecular weight excluding hydrogens is 222 g/mol. The lowest BCUT2D eigenvalue weighted by molar-refractivity contribution is 0.0819. The Morgan fingerprint density at radius 3 is 2.67 bits per heavy atom. The molecule has 1 aromatic rings. The normalized spacial score (nSPS) is 10.7. The minimum absolute atomic E-state index is 0.296. The molecule has 0 aliphatic rings. The van der Waals surface area contributed by atoms with E-state index in [1.807, 2.05) is 0 Å². The Labute approximate surface area is 93.0 Å². The zero-order valence-electron chi connectivity index (χ0n) is 8.18. The van der Waals surface area contributed by atoms with Crippen LogP contribution in [0.1, 0.15) is 12.0 Å². The van der Waals surface area contributed by atoms with E-state index in [0.29, 0.717) is 10.8 Å². The van der Waals surface area contributed by atoms with E-state index in [-0.39, 0.29) is 0 Å². The highest BCUT2D eigenvalue weighted by molar-refractivity contribution is 6.32. The Kier molecular flexibility index (Phi) is 4.82. The summed E-state index contributed by atoms with van der Waals surface area (Å²) in [5.74, 6) is 0.296. The van der Waals surface area contributed by atoms with Gasteiger partial charge in [0.2, 0.25) is 0 Å². The maximum Gasteiger partial charge on any atom is 0.272 e. The van der Waals surface area contributed by atoms with Crippen molar-refractivity contribution in [3.8, 4) is 5.75 Å². The summed E-state index contributed by atoms with van der Waals surface area (Å²) in [6.07, 6.45) is -0.900. The predicted octanol–water partition coefficient (Wildman–Crippen LogP) is 3.75. The van der Waals surface area contributed by atoms with Gasteiger partial charge in [-0.25, -0.2) is 8.78 Å². The molecule has 0 amide bonds. The number of ether oxygens (including phenoxy) is 1. The van der Waals surface area contributed by atoms with Crippen molar-refractivity contribution in [1.29, 1.82) is 0 Å². The van der Waals surface area contributed by atoms with Crippen molar-refractivity contribution in [2.75, 3.05) is 6.61 Å². The number of halogens is 3. The van der Waals surface area contributed by atoms with Crippen LogP contribution in [0.4, 0.5) is 8.78 Å². The molecule has 0 heterocycles. The molecule has 1 nitrogen and oxygen atoms in total. The maximum absolute atomic E-state index is 11.9. The Bertz CT molecular complexity index is 315. The quantitative estimate of drug-likeness (QED) is 0.753. The molecule has 15 heavy (non-hydrogen) atoms. The number of benzene rings is 1. The molecule has 4 heteroatoms. The van der Waals surface area contributed by atoms with E-state index >= 15 is 0 Å². The van der Waals surface area contributed by atoms with Crippen LogP contribution in [0.15, 0.2) is 18.2 Å². The first-order valence-electron chi connectivity index (χ1n) is 4.62. The molecule has 1 aromatic carbocycles. The summed E-state index contributed by atoms with van der Waals surface area (Å²) in [7, 11) is 0. The van der Waals surface area contributed by atoms with Crippen molar-refractivity contribution in [2.24, 2.45) is 0 Å². The number of alkyl halides is 2. The molecule has 1 radical (unpaired) electrons. The van der Waals surface area contributed by atoms with Crippen LogP contribution in [0.25, 0.3) is 0 Å². The van der Waals surface area contributed by atoms with Gasteiger partial charge in [-0.05, 0) is 30.5 Å². The summed E-state index contributed by atoms with van der Waals surface area (Å²) in [5.41, 5.74) is 1.03. The van der Waals surface area contributed by atoms with Gasteiger partial charge >= 0.3 is 0 Å². The van der Waals surface area contributed by atoms with Crippen LogP contribution in [-0.2, 0) is 6.42 Å². The Morgan fingerprint density at radius 2 is 2.13 bits per heavy atom. The van der Waals surface area contributed by atoms with E-state index < -0.39 is 13.0 Å². The zero-order chi connectivity index (χ0) is 11.3. The Balaban J connectivity index is 2.66. The van der Waals surface area contributed by atoms with E-state index in [4.69, 9.17) is 16.3 Å². The maximum atomic E-state index is 11.9. The van der Waals surface area contributed by atoms with Gasteiger partial charge < -0.3 is 4.74 Å². The van der Waals surface area contributed by atoms with Gasteiger partial charge in [0.15, 0.2) is 0 Å². The minimum atomic E-state index is -2.49. The van der Waals surface area contributed by atoms with Crippen molar-refractivity contribution >= 4 is 11.6 Å². The van der Waals surface area contributed by atoms with E-state index in [1.54, 1.807) is 18.2 Å². The van der Waals surface area contributed by atoms with Gasteiger partial charge in [0.25, 0.3) is 6.43 Å². The minimum Gasteiger partial charge on any atom is -0.486 e. The molecule has 0 bridgehead atoms. The van der Waals surface area contributed by atoms with Gasteiger partial charge in [-0.3, -0.25) is 0 Å². The molecule has 0 atom stereocenters. The highest BCUT2D eigenvalue weighted by atomic mass is 35.5. The second-order valence-corrected chi connectivity index (χ2v) is 3.48. The summed E-state index contributed by atoms with van der Waals surface area (Å²) in [5, 5.41) is 0.363. The lowest BCUT2D eigenvalue weighted by Gasteiger charge is -2.08. The summed E-state index contributed by atoms with van der Waals surface area (Å²) < 4.78 is 28.6. The van der Waals surface area contributed by atoms with E-state index in [2.05, 4.69) is 6.92 Å². The van der Waals surface area contributed by atoms with E-state index in [0.717, 1.165) is 18.4 Å². The SMILES string of the molecule is [CH2]CCc1ccc(OCC(F)F)c(Cl)c1. The molecule has 0 unspecified atom stereocenters. The van der Waals surface area contributed by atoms with Gasteiger partial charge in [-0.15, -0.1) is 0 Å². The van der Waals surface area contributed by atoms with Gasteiger partial charge in [0, 0.05) is 0 Å². The van der Waals surface area contributed by atoms with Crippen molar-refractivity contribution in [3.05, 3.63) is 35.7 Å². The predicted molar refractivity (Wildman–Crippen MR) is 56.6 cm³/mol. The van der Waals surface area contributed by atoms with Gasteiger partial charge in [0.05, 0.1) is 5.02 Å². The molecule has 0 N–H and O–H groups in total. The van der Waals surface area contributed by atoms with E-state index in [1.165, 1.54) is 0 Å². The van der Waals surface area contributed by atoms with Crippen LogP contribution < -0.4 is 4.74 Å². The average Bonchev–Trinajstić information content (AvgIpc) is 2.17. The van der Waals surface area contributed by atoms with Gasteiger partial charge in [-0.1, -0.05) is 24.6 Å². The Morgan fingerprint density at radius 1 is 1.40 bits per heavy atom. The van der Waals surface area contributed by atoms with Crippen LogP contribution in [0.2, 0.25) is 5.02 Å². The van der Waals surface area contributed by atoms with Crippen molar-refractivity contribution in [1.82, 2.24) is 0 Å². The first-order valence-corrected chi connectivity index (χ1v) is 5.00. The van der Waals surface area contributed by atoms with E-state index in [9.17, 15) is 8.78 Å². The van der Waals surface area contributed by atoms with Gasteiger partial charge in [-0.2, -0.15) is 0 Å². The van der Waals surface area contributed by atoms with Crippen LogP contribution in [0.5, 0.6) is 5.75 Å². The topological polar surface area (TPSA) is 9.23 Å². The molecule has 0 fully saturated rings. The molecule has 0 aromatic heterocycles. The average molecular weight is 234 g/mol. The number of aryl methyl sites for hydroxylation is 1. The first-order chi connectivity index (χ1) is 7.13. The molecule has 0 aliphatic heterocycles. The van der Waals surface area contributed by atoms with Crippen LogP contribution >= 0.6 is 11.6 Å². The summed E-state index contributed by atoms with van der Waals surface area (Å²) in [4.78, 5) is 0. The smallest absolute Gasteiger partial charge is 0.272 e. The number of hydrogen-bond acceptors (Lipinski definition) is 1. The lowest BCUT2D eigenvalue weighted by atomic mass is 10.1. The van der Waals surface area contributed by atoms with Gasteiger partial charge in [0.1, 0.15) is 12.4 Å². The molecule has 0 saturated heterocycles. The summed E-state index contributed by atoms with van der Waals surface area (Å²) >= 11 is 5.86. The second-order valence-electron chi connectivity index (χ2n) is 3.07. The Hall–Kier alpha value is -0.830. The van der Waals surface area contributed by atoms with Crippen molar-refractivity contribution in [2.45, 2.75) is 19.3 Å². The fourth-order valence-corrected chi connectivity index (χ4v) is 1.43. The third-order valence-electron chi connectivity index (χ3n) is 1.83. The fourth-order valence-electron chi connectivity index (χ4n) is 1.17. The van der Waals surface area contributed by atoms with Crippen LogP contribution in [-0.4, -0.2) is 13.0 Å². The van der Waals surface area contributed by atoms with Crippen LogP contribution in [0, 0.1) is 6.92 Å². The van der Waals surface area contributed by atoms with Crippen LogP contribution in [0.3, 0.4) is 0 Å². The largest absolute Gasteiger partial charge is 0.486 e. The highest BCUT2D eigenvalue weighted by Crippen LogP contribution is 2.26. The molecule has 0 aliphatic carbocycles. The highest BCUT2D eigenvalue weighted by Gasteiger charge is 2.07. The third-order valence-corrected chi connectivity index (χ3v) is 2.12. The molecule has 1 rings (SSSR count). The molecule has 0 spiro atoms. The van der Waals surface area contributed by atoms with Crippen molar-refractivity contribution < 1.29 is 13.5 Å². The third kappa shape index (κ3) is 4.04. The van der Waals surface area contributed by atoms with Crippen molar-refractivity contribution in [3.63, 3.8) is 0 Å².